The summed E-state index contributed by atoms with van der Waals surface area (Å²) in [7, 11) is 0. The predicted octanol–water partition coefficient (Wildman–Crippen LogP) is 2.76. The highest BCUT2D eigenvalue weighted by molar-refractivity contribution is 5.85. The average molecular weight is 268 g/mol. The minimum Gasteiger partial charge on any atom is -0.345 e. The van der Waals surface area contributed by atoms with Gasteiger partial charge in [-0.1, -0.05) is 18.2 Å². The van der Waals surface area contributed by atoms with Crippen molar-refractivity contribution in [3.8, 4) is 0 Å². The van der Waals surface area contributed by atoms with E-state index in [9.17, 15) is 9.18 Å². The Morgan fingerprint density at radius 2 is 2.00 bits per heavy atom. The first-order valence-electron chi connectivity index (χ1n) is 5.92. The van der Waals surface area contributed by atoms with Gasteiger partial charge in [-0.05, 0) is 36.1 Å². The fourth-order valence-corrected chi connectivity index (χ4v) is 2.91. The van der Waals surface area contributed by atoms with E-state index in [4.69, 9.17) is 0 Å². The summed E-state index contributed by atoms with van der Waals surface area (Å²) in [6.07, 6.45) is 6.93. The summed E-state index contributed by atoms with van der Waals surface area (Å²) in [5.74, 6) is -0.176. The van der Waals surface area contributed by atoms with Crippen LogP contribution in [0.3, 0.4) is 0 Å². The molecule has 4 heteroatoms. The van der Waals surface area contributed by atoms with Crippen LogP contribution in [-0.4, -0.2) is 24.4 Å². The van der Waals surface area contributed by atoms with Gasteiger partial charge in [0, 0.05) is 18.5 Å². The summed E-state index contributed by atoms with van der Waals surface area (Å²) in [6.45, 7) is 1.51. The Bertz CT molecular complexity index is 493. The number of halogens is 2. The number of rotatable bonds is 1. The van der Waals surface area contributed by atoms with Gasteiger partial charge in [0.25, 0.3) is 0 Å². The van der Waals surface area contributed by atoms with Crippen molar-refractivity contribution in [2.24, 2.45) is 0 Å². The molecule has 18 heavy (non-hydrogen) atoms. The van der Waals surface area contributed by atoms with Gasteiger partial charge in [-0.2, -0.15) is 0 Å². The van der Waals surface area contributed by atoms with Crippen molar-refractivity contribution < 1.29 is 9.18 Å². The summed E-state index contributed by atoms with van der Waals surface area (Å²) >= 11 is 0. The van der Waals surface area contributed by atoms with E-state index in [2.05, 4.69) is 12.2 Å². The Balaban J connectivity index is 0.00000120. The molecule has 1 aliphatic carbocycles. The number of benzene rings is 1. The topological polar surface area (TPSA) is 20.3 Å². The van der Waals surface area contributed by atoms with Crippen molar-refractivity contribution in [2.45, 2.75) is 18.3 Å². The van der Waals surface area contributed by atoms with Crippen LogP contribution in [0.4, 0.5) is 4.39 Å². The Hall–Kier alpha value is -1.35. The van der Waals surface area contributed by atoms with E-state index < -0.39 is 0 Å². The number of allylic oxidation sites excluding steroid dienone is 1. The second-order valence-electron chi connectivity index (χ2n) is 4.86. The van der Waals surface area contributed by atoms with Crippen LogP contribution in [0.5, 0.6) is 0 Å². The fraction of sp³-hybridized carbons (Fsp3) is 0.357. The van der Waals surface area contributed by atoms with Gasteiger partial charge in [0.2, 0.25) is 6.41 Å². The first-order valence-corrected chi connectivity index (χ1v) is 5.92. The largest absolute Gasteiger partial charge is 0.345 e. The molecule has 2 aliphatic rings. The third kappa shape index (κ3) is 1.93. The molecule has 1 aromatic carbocycles. The first kappa shape index (κ1) is 13.1. The van der Waals surface area contributed by atoms with Crippen LogP contribution in [-0.2, 0) is 10.2 Å². The van der Waals surface area contributed by atoms with Crippen LogP contribution in [0.2, 0.25) is 0 Å². The standard InChI is InChI=1S/C14H14FNO.ClH/c15-12-2-1-11-3-4-14(13(11)9-12)5-7-16(10-17)8-6-14;/h1-4,9-10H,5-8H2;1H. The van der Waals surface area contributed by atoms with Gasteiger partial charge in [0.05, 0.1) is 0 Å². The normalized spacial score (nSPS) is 19.5. The maximum absolute atomic E-state index is 13.3. The molecule has 2 nitrogen and oxygen atoms in total. The molecule has 1 fully saturated rings. The van der Waals surface area contributed by atoms with Crippen molar-refractivity contribution in [3.63, 3.8) is 0 Å². The van der Waals surface area contributed by atoms with E-state index in [1.807, 2.05) is 6.07 Å². The molecule has 1 amide bonds. The molecule has 0 N–H and O–H groups in total. The SMILES string of the molecule is Cl.O=CN1CCC2(C=Cc3ccc(F)cc32)CC1. The number of fused-ring (bicyclic) bond motifs is 2. The lowest BCUT2D eigenvalue weighted by molar-refractivity contribution is -0.119. The predicted molar refractivity (Wildman–Crippen MR) is 71.2 cm³/mol. The minimum absolute atomic E-state index is 0. The van der Waals surface area contributed by atoms with Gasteiger partial charge in [-0.25, -0.2) is 4.39 Å². The average Bonchev–Trinajstić information content (AvgIpc) is 2.70. The summed E-state index contributed by atoms with van der Waals surface area (Å²) in [5, 5.41) is 0. The Morgan fingerprint density at radius 3 is 2.67 bits per heavy atom. The third-order valence-electron chi connectivity index (χ3n) is 3.97. The van der Waals surface area contributed by atoms with E-state index in [1.54, 1.807) is 11.0 Å². The van der Waals surface area contributed by atoms with Gasteiger partial charge in [0.1, 0.15) is 5.82 Å². The summed E-state index contributed by atoms with van der Waals surface area (Å²) in [4.78, 5) is 12.5. The smallest absolute Gasteiger partial charge is 0.209 e. The molecule has 0 bridgehead atoms. The molecule has 0 atom stereocenters. The molecular weight excluding hydrogens is 253 g/mol. The van der Waals surface area contributed by atoms with Gasteiger partial charge in [-0.3, -0.25) is 4.79 Å². The Morgan fingerprint density at radius 1 is 1.28 bits per heavy atom. The number of hydrogen-bond acceptors (Lipinski definition) is 1. The van der Waals surface area contributed by atoms with Crippen LogP contribution in [0, 0.1) is 5.82 Å². The van der Waals surface area contributed by atoms with Crippen LogP contribution in [0.15, 0.2) is 24.3 Å². The lowest BCUT2D eigenvalue weighted by atomic mass is 9.74. The number of piperidine rings is 1. The van der Waals surface area contributed by atoms with Gasteiger partial charge in [-0.15, -0.1) is 12.4 Å². The number of carbonyl (C=O) groups excluding carboxylic acids is 1. The maximum Gasteiger partial charge on any atom is 0.209 e. The highest BCUT2D eigenvalue weighted by Gasteiger charge is 2.37. The minimum atomic E-state index is -0.176. The van der Waals surface area contributed by atoms with E-state index in [0.29, 0.717) is 0 Å². The van der Waals surface area contributed by atoms with Crippen LogP contribution in [0.1, 0.15) is 24.0 Å². The zero-order valence-electron chi connectivity index (χ0n) is 9.93. The Kier molecular flexibility index (Phi) is 3.44. The van der Waals surface area contributed by atoms with Gasteiger partial charge in [0.15, 0.2) is 0 Å². The molecular formula is C14H15ClFNO. The molecule has 0 radical (unpaired) electrons. The van der Waals surface area contributed by atoms with Crippen molar-refractivity contribution in [2.75, 3.05) is 13.1 Å². The number of nitrogens with zero attached hydrogens (tertiary/aromatic N) is 1. The first-order chi connectivity index (χ1) is 8.23. The second kappa shape index (κ2) is 4.73. The Labute approximate surface area is 112 Å². The van der Waals surface area contributed by atoms with Gasteiger partial charge < -0.3 is 4.90 Å². The molecule has 1 spiro atoms. The van der Waals surface area contributed by atoms with Crippen LogP contribution < -0.4 is 0 Å². The highest BCUT2D eigenvalue weighted by atomic mass is 35.5. The van der Waals surface area contributed by atoms with Gasteiger partial charge >= 0.3 is 0 Å². The van der Waals surface area contributed by atoms with Crippen molar-refractivity contribution in [1.82, 2.24) is 4.90 Å². The molecule has 1 saturated heterocycles. The van der Waals surface area contributed by atoms with E-state index in [1.165, 1.54) is 6.07 Å². The number of likely N-dealkylation sites (tertiary alicyclic amines) is 1. The van der Waals surface area contributed by atoms with Crippen LogP contribution in [0.25, 0.3) is 6.08 Å². The number of carbonyl (C=O) groups is 1. The number of hydrogen-bond donors (Lipinski definition) is 0. The number of amides is 1. The fourth-order valence-electron chi connectivity index (χ4n) is 2.91. The molecule has 3 rings (SSSR count). The molecule has 96 valence electrons. The van der Waals surface area contributed by atoms with E-state index >= 15 is 0 Å². The maximum atomic E-state index is 13.3. The van der Waals surface area contributed by atoms with Crippen molar-refractivity contribution >= 4 is 24.9 Å². The second-order valence-corrected chi connectivity index (χ2v) is 4.86. The zero-order chi connectivity index (χ0) is 11.9. The summed E-state index contributed by atoms with van der Waals surface area (Å²) in [6, 6.07) is 4.98. The highest BCUT2D eigenvalue weighted by Crippen LogP contribution is 2.43. The molecule has 0 aromatic heterocycles. The lowest BCUT2D eigenvalue weighted by Gasteiger charge is -2.37. The quantitative estimate of drug-likeness (QED) is 0.717. The third-order valence-corrected chi connectivity index (χ3v) is 3.97. The van der Waals surface area contributed by atoms with Crippen LogP contribution >= 0.6 is 12.4 Å². The summed E-state index contributed by atoms with van der Waals surface area (Å²) in [5.41, 5.74) is 2.16. The summed E-state index contributed by atoms with van der Waals surface area (Å²) < 4.78 is 13.3. The lowest BCUT2D eigenvalue weighted by Crippen LogP contribution is -2.40. The molecule has 0 saturated carbocycles. The zero-order valence-corrected chi connectivity index (χ0v) is 10.8. The molecule has 1 aromatic rings. The molecule has 1 heterocycles. The molecule has 0 unspecified atom stereocenters. The van der Waals surface area contributed by atoms with Crippen molar-refractivity contribution in [1.29, 1.82) is 0 Å². The van der Waals surface area contributed by atoms with Crippen molar-refractivity contribution in [3.05, 3.63) is 41.2 Å². The monoisotopic (exact) mass is 267 g/mol. The van der Waals surface area contributed by atoms with E-state index in [0.717, 1.165) is 43.5 Å². The van der Waals surface area contributed by atoms with E-state index in [-0.39, 0.29) is 23.6 Å². The molecule has 1 aliphatic heterocycles.